The predicted octanol–water partition coefficient (Wildman–Crippen LogP) is 3.71. The van der Waals surface area contributed by atoms with E-state index in [0.29, 0.717) is 33.2 Å². The number of aromatic nitrogens is 2. The molecule has 0 fully saturated rings. The van der Waals surface area contributed by atoms with Crippen LogP contribution >= 0.6 is 34.9 Å². The smallest absolute Gasteiger partial charge is 0.130 e. The maximum atomic E-state index is 8.63. The Balaban J connectivity index is 2.46. The van der Waals surface area contributed by atoms with E-state index in [9.17, 15) is 0 Å². The summed E-state index contributed by atoms with van der Waals surface area (Å²) in [6.07, 6.45) is 0.387. The van der Waals surface area contributed by atoms with Crippen LogP contribution in [0.15, 0.2) is 6.07 Å². The largest absolute Gasteiger partial charge is 0.378 e. The van der Waals surface area contributed by atoms with Gasteiger partial charge in [0.15, 0.2) is 0 Å². The van der Waals surface area contributed by atoms with Crippen molar-refractivity contribution in [1.29, 1.82) is 5.26 Å². The molecule has 1 heterocycles. The molecule has 0 radical (unpaired) electrons. The molecule has 0 saturated heterocycles. The lowest BCUT2D eigenvalue weighted by atomic mass is 10.2. The van der Waals surface area contributed by atoms with Crippen LogP contribution in [0.5, 0.6) is 0 Å². The molecule has 1 N–H and O–H groups in total. The van der Waals surface area contributed by atoms with E-state index < -0.39 is 0 Å². The van der Waals surface area contributed by atoms with Crippen molar-refractivity contribution in [3.63, 3.8) is 0 Å². The van der Waals surface area contributed by atoms with Crippen LogP contribution < -0.4 is 5.32 Å². The predicted molar refractivity (Wildman–Crippen MR) is 70.7 cm³/mol. The van der Waals surface area contributed by atoms with Crippen LogP contribution in [-0.4, -0.2) is 14.8 Å². The van der Waals surface area contributed by atoms with Crippen molar-refractivity contribution >= 4 is 51.7 Å². The number of nitrogens with one attached hydrogen (secondary N) is 1. The molecule has 4 nitrogen and oxygen atoms in total. The molecule has 7 heteroatoms. The number of hydrogen-bond acceptors (Lipinski definition) is 5. The van der Waals surface area contributed by atoms with Crippen LogP contribution in [-0.2, 0) is 0 Å². The van der Waals surface area contributed by atoms with Crippen LogP contribution in [0.4, 0.5) is 5.69 Å². The highest BCUT2D eigenvalue weighted by molar-refractivity contribution is 7.00. The van der Waals surface area contributed by atoms with E-state index >= 15 is 0 Å². The summed E-state index contributed by atoms with van der Waals surface area (Å²) in [6.45, 7) is 1.90. The Morgan fingerprint density at radius 2 is 2.12 bits per heavy atom. The van der Waals surface area contributed by atoms with E-state index in [1.807, 2.05) is 6.92 Å². The SMILES string of the molecule is CC(CC#N)Nc1c(Cl)cc(Cl)c2nsnc12. The van der Waals surface area contributed by atoms with Crippen molar-refractivity contribution in [2.75, 3.05) is 5.32 Å². The number of nitriles is 1. The number of nitrogens with zero attached hydrogens (tertiary/aromatic N) is 3. The van der Waals surface area contributed by atoms with Crippen LogP contribution in [0, 0.1) is 11.3 Å². The molecule has 17 heavy (non-hydrogen) atoms. The molecule has 2 aromatic rings. The first-order valence-corrected chi connectivity index (χ1v) is 6.36. The lowest BCUT2D eigenvalue weighted by Gasteiger charge is -2.13. The molecule has 0 spiro atoms. The van der Waals surface area contributed by atoms with Gasteiger partial charge in [0.05, 0.1) is 40.0 Å². The molecule has 1 atom stereocenters. The zero-order valence-electron chi connectivity index (χ0n) is 8.87. The van der Waals surface area contributed by atoms with Crippen LogP contribution in [0.3, 0.4) is 0 Å². The molecule has 1 aromatic heterocycles. The zero-order chi connectivity index (χ0) is 12.4. The van der Waals surface area contributed by atoms with Gasteiger partial charge >= 0.3 is 0 Å². The normalized spacial score (nSPS) is 12.4. The Labute approximate surface area is 112 Å². The fourth-order valence-corrected chi connectivity index (χ4v) is 2.61. The monoisotopic (exact) mass is 286 g/mol. The third-order valence-corrected chi connectivity index (χ3v) is 3.35. The van der Waals surface area contributed by atoms with Crippen molar-refractivity contribution < 1.29 is 0 Å². The lowest BCUT2D eigenvalue weighted by molar-refractivity contribution is 0.822. The number of anilines is 1. The minimum atomic E-state index is -0.0106. The fraction of sp³-hybridized carbons (Fsp3) is 0.300. The molecule has 0 bridgehead atoms. The van der Waals surface area contributed by atoms with Crippen molar-refractivity contribution in [1.82, 2.24) is 8.75 Å². The van der Waals surface area contributed by atoms with Gasteiger partial charge in [0.2, 0.25) is 0 Å². The second-order valence-corrected chi connectivity index (χ2v) is 4.93. The molecule has 88 valence electrons. The van der Waals surface area contributed by atoms with Gasteiger partial charge in [-0.3, -0.25) is 0 Å². The van der Waals surface area contributed by atoms with Crippen molar-refractivity contribution in [3.8, 4) is 6.07 Å². The summed E-state index contributed by atoms with van der Waals surface area (Å²) in [7, 11) is 0. The molecule has 1 aromatic carbocycles. The third-order valence-electron chi connectivity index (χ3n) is 2.23. The molecular weight excluding hydrogens is 279 g/mol. The standard InChI is InChI=1S/C10H8Cl2N4S/c1-5(2-3-13)14-8-6(11)4-7(12)9-10(8)16-17-15-9/h4-5,14H,2H2,1H3. The van der Waals surface area contributed by atoms with Gasteiger partial charge < -0.3 is 5.32 Å². The molecule has 0 aliphatic carbocycles. The van der Waals surface area contributed by atoms with E-state index in [4.69, 9.17) is 28.5 Å². The van der Waals surface area contributed by atoms with E-state index in [1.165, 1.54) is 0 Å². The lowest BCUT2D eigenvalue weighted by Crippen LogP contribution is -2.14. The second-order valence-electron chi connectivity index (χ2n) is 3.58. The van der Waals surface area contributed by atoms with Gasteiger partial charge in [-0.2, -0.15) is 14.0 Å². The average molecular weight is 287 g/mol. The minimum Gasteiger partial charge on any atom is -0.378 e. The van der Waals surface area contributed by atoms with Crippen molar-refractivity contribution in [2.45, 2.75) is 19.4 Å². The van der Waals surface area contributed by atoms with Gasteiger partial charge in [0.1, 0.15) is 11.0 Å². The van der Waals surface area contributed by atoms with Crippen molar-refractivity contribution in [2.24, 2.45) is 0 Å². The first-order chi connectivity index (χ1) is 8.13. The first-order valence-electron chi connectivity index (χ1n) is 4.87. The Hall–Kier alpha value is -1.09. The molecule has 0 saturated carbocycles. The summed E-state index contributed by atoms with van der Waals surface area (Å²) in [5.41, 5.74) is 1.97. The highest BCUT2D eigenvalue weighted by Crippen LogP contribution is 2.35. The number of fused-ring (bicyclic) bond motifs is 1. The number of halogens is 2. The summed E-state index contributed by atoms with van der Waals surface area (Å²) in [5.74, 6) is 0. The highest BCUT2D eigenvalue weighted by Gasteiger charge is 2.15. The summed E-state index contributed by atoms with van der Waals surface area (Å²) in [4.78, 5) is 0. The van der Waals surface area contributed by atoms with Crippen LogP contribution in [0.2, 0.25) is 10.0 Å². The molecular formula is C10H8Cl2N4S. The quantitative estimate of drug-likeness (QED) is 0.934. The molecule has 0 amide bonds. The van der Waals surface area contributed by atoms with Gasteiger partial charge in [-0.25, -0.2) is 0 Å². The van der Waals surface area contributed by atoms with Gasteiger partial charge in [0, 0.05) is 6.04 Å². The minimum absolute atomic E-state index is 0.0106. The Bertz CT molecular complexity index is 590. The number of rotatable bonds is 3. The summed E-state index contributed by atoms with van der Waals surface area (Å²) < 4.78 is 8.28. The molecule has 0 aliphatic rings. The van der Waals surface area contributed by atoms with Crippen LogP contribution in [0.1, 0.15) is 13.3 Å². The third kappa shape index (κ3) is 2.44. The summed E-state index contributed by atoms with van der Waals surface area (Å²) in [5, 5.41) is 12.8. The van der Waals surface area contributed by atoms with E-state index in [-0.39, 0.29) is 6.04 Å². The van der Waals surface area contributed by atoms with E-state index in [1.54, 1.807) is 6.07 Å². The van der Waals surface area contributed by atoms with Crippen molar-refractivity contribution in [3.05, 3.63) is 16.1 Å². The Morgan fingerprint density at radius 3 is 2.82 bits per heavy atom. The second kappa shape index (κ2) is 5.05. The highest BCUT2D eigenvalue weighted by atomic mass is 35.5. The summed E-state index contributed by atoms with van der Waals surface area (Å²) in [6, 6.07) is 3.72. The van der Waals surface area contributed by atoms with Crippen LogP contribution in [0.25, 0.3) is 11.0 Å². The Morgan fingerprint density at radius 1 is 1.41 bits per heavy atom. The molecule has 0 aliphatic heterocycles. The number of hydrogen-bond donors (Lipinski definition) is 1. The number of benzene rings is 1. The fourth-order valence-electron chi connectivity index (χ4n) is 1.45. The van der Waals surface area contributed by atoms with Gasteiger partial charge in [-0.05, 0) is 13.0 Å². The maximum absolute atomic E-state index is 8.63. The first kappa shape index (κ1) is 12.4. The zero-order valence-corrected chi connectivity index (χ0v) is 11.2. The van der Waals surface area contributed by atoms with E-state index in [2.05, 4.69) is 20.1 Å². The summed E-state index contributed by atoms with van der Waals surface area (Å²) >= 11 is 13.2. The topological polar surface area (TPSA) is 61.6 Å². The average Bonchev–Trinajstić information content (AvgIpc) is 2.73. The van der Waals surface area contributed by atoms with Gasteiger partial charge in [-0.15, -0.1) is 0 Å². The Kier molecular flexibility index (Phi) is 3.67. The molecule has 1 unspecified atom stereocenters. The molecule has 2 rings (SSSR count). The van der Waals surface area contributed by atoms with Gasteiger partial charge in [-0.1, -0.05) is 23.2 Å². The van der Waals surface area contributed by atoms with Gasteiger partial charge in [0.25, 0.3) is 0 Å². The maximum Gasteiger partial charge on any atom is 0.130 e. The van der Waals surface area contributed by atoms with E-state index in [0.717, 1.165) is 11.7 Å².